The Morgan fingerprint density at radius 2 is 1.57 bits per heavy atom. The van der Waals surface area contributed by atoms with Crippen molar-refractivity contribution in [2.75, 3.05) is 20.2 Å². The minimum atomic E-state index is -1.05. The number of hydrogen-bond acceptors (Lipinski definition) is 7. The van der Waals surface area contributed by atoms with Crippen LogP contribution in [0.15, 0.2) is 48.5 Å². The zero-order valence-corrected chi connectivity index (χ0v) is 19.6. The monoisotopic (exact) mass is 479 g/mol. The van der Waals surface area contributed by atoms with Crippen LogP contribution in [0.2, 0.25) is 0 Å². The summed E-state index contributed by atoms with van der Waals surface area (Å²) < 4.78 is 5.54. The van der Waals surface area contributed by atoms with E-state index in [1.807, 2.05) is 55.6 Å². The van der Waals surface area contributed by atoms with Crippen LogP contribution in [0.4, 0.5) is 4.79 Å². The van der Waals surface area contributed by atoms with Crippen molar-refractivity contribution >= 4 is 23.9 Å². The van der Waals surface area contributed by atoms with Crippen molar-refractivity contribution < 1.29 is 28.8 Å². The summed E-state index contributed by atoms with van der Waals surface area (Å²) in [6, 6.07) is 15.0. The van der Waals surface area contributed by atoms with E-state index in [0.717, 1.165) is 35.2 Å². The molecule has 4 rings (SSSR count). The lowest BCUT2D eigenvalue weighted by atomic mass is 9.98. The van der Waals surface area contributed by atoms with Crippen LogP contribution < -0.4 is 10.6 Å². The van der Waals surface area contributed by atoms with Crippen molar-refractivity contribution in [2.45, 2.75) is 44.1 Å². The van der Waals surface area contributed by atoms with Gasteiger partial charge in [0.2, 0.25) is 0 Å². The van der Waals surface area contributed by atoms with Crippen LogP contribution in [0.1, 0.15) is 49.1 Å². The fourth-order valence-corrected chi connectivity index (χ4v) is 4.49. The minimum absolute atomic E-state index is 0.00123. The van der Waals surface area contributed by atoms with Gasteiger partial charge in [-0.25, -0.2) is 9.59 Å². The van der Waals surface area contributed by atoms with Gasteiger partial charge in [0.15, 0.2) is 0 Å². The van der Waals surface area contributed by atoms with Crippen molar-refractivity contribution in [1.82, 2.24) is 15.7 Å². The summed E-state index contributed by atoms with van der Waals surface area (Å²) in [4.78, 5) is 54.1. The lowest BCUT2D eigenvalue weighted by molar-refractivity contribution is -0.199. The molecule has 1 aliphatic carbocycles. The summed E-state index contributed by atoms with van der Waals surface area (Å²) in [5, 5.41) is 6.08. The molecule has 2 N–H and O–H groups in total. The van der Waals surface area contributed by atoms with Crippen LogP contribution in [0, 0.1) is 0 Å². The highest BCUT2D eigenvalue weighted by Gasteiger charge is 2.36. The molecule has 3 amide bonds. The zero-order chi connectivity index (χ0) is 24.8. The van der Waals surface area contributed by atoms with Crippen molar-refractivity contribution in [3.63, 3.8) is 0 Å². The van der Waals surface area contributed by atoms with Gasteiger partial charge in [0.1, 0.15) is 12.6 Å². The van der Waals surface area contributed by atoms with Crippen LogP contribution in [0.3, 0.4) is 0 Å². The number of carbonyl (C=O) groups is 4. The number of alkyl carbamates (subject to hydrolysis) is 1. The Hall–Kier alpha value is -3.72. The molecule has 35 heavy (non-hydrogen) atoms. The number of benzene rings is 2. The molecular formula is C26H29N3O6. The van der Waals surface area contributed by atoms with Gasteiger partial charge < -0.3 is 20.2 Å². The number of imide groups is 1. The number of amides is 3. The Morgan fingerprint density at radius 3 is 2.17 bits per heavy atom. The molecule has 1 fully saturated rings. The zero-order valence-electron chi connectivity index (χ0n) is 19.6. The predicted octanol–water partition coefficient (Wildman–Crippen LogP) is 2.89. The van der Waals surface area contributed by atoms with Crippen LogP contribution in [0.25, 0.3) is 11.1 Å². The average Bonchev–Trinajstić information content (AvgIpc) is 3.36. The van der Waals surface area contributed by atoms with E-state index in [4.69, 9.17) is 9.57 Å². The van der Waals surface area contributed by atoms with Crippen LogP contribution in [-0.2, 0) is 24.0 Å². The molecule has 0 unspecified atom stereocenters. The van der Waals surface area contributed by atoms with Gasteiger partial charge >= 0.3 is 12.1 Å². The van der Waals surface area contributed by atoms with Gasteiger partial charge in [-0.2, -0.15) is 0 Å². The van der Waals surface area contributed by atoms with Gasteiger partial charge in [-0.15, -0.1) is 5.06 Å². The van der Waals surface area contributed by atoms with Crippen LogP contribution in [-0.4, -0.2) is 55.2 Å². The molecule has 2 aromatic rings. The smallest absolute Gasteiger partial charge is 0.407 e. The van der Waals surface area contributed by atoms with E-state index in [9.17, 15) is 19.2 Å². The quantitative estimate of drug-likeness (QED) is 0.398. The molecule has 0 spiro atoms. The van der Waals surface area contributed by atoms with E-state index in [2.05, 4.69) is 10.6 Å². The van der Waals surface area contributed by atoms with Gasteiger partial charge in [0, 0.05) is 18.8 Å². The number of nitrogens with one attached hydrogen (secondary N) is 2. The number of unbranched alkanes of at least 4 members (excludes halogenated alkanes) is 1. The second kappa shape index (κ2) is 11.1. The Bertz CT molecular complexity index is 1060. The fourth-order valence-electron chi connectivity index (χ4n) is 4.49. The molecule has 1 atom stereocenters. The highest BCUT2D eigenvalue weighted by atomic mass is 16.7. The van der Waals surface area contributed by atoms with Crippen molar-refractivity contribution in [1.29, 1.82) is 0 Å². The number of hydroxylamine groups is 2. The lowest BCUT2D eigenvalue weighted by Crippen LogP contribution is -2.45. The molecule has 1 saturated heterocycles. The number of fused-ring (bicyclic) bond motifs is 3. The van der Waals surface area contributed by atoms with Crippen molar-refractivity contribution in [2.24, 2.45) is 0 Å². The predicted molar refractivity (Wildman–Crippen MR) is 127 cm³/mol. The summed E-state index contributed by atoms with van der Waals surface area (Å²) in [6.45, 7) is 0.848. The lowest BCUT2D eigenvalue weighted by Gasteiger charge is -2.21. The summed E-state index contributed by atoms with van der Waals surface area (Å²) in [5.41, 5.74) is 4.39. The summed E-state index contributed by atoms with van der Waals surface area (Å²) in [7, 11) is 1.82. The molecule has 0 bridgehead atoms. The first kappa shape index (κ1) is 24.4. The Labute approximate surface area is 203 Å². The van der Waals surface area contributed by atoms with Gasteiger partial charge in [0.25, 0.3) is 11.8 Å². The van der Waals surface area contributed by atoms with Crippen molar-refractivity contribution in [3.05, 3.63) is 59.7 Å². The number of ether oxygens (including phenoxy) is 1. The van der Waals surface area contributed by atoms with E-state index in [1.165, 1.54) is 0 Å². The standard InChI is InChI=1S/C26H29N3O6/c1-27-15-7-6-12-22(25(32)35-29-23(30)13-14-24(29)31)28-26(33)34-16-21-19-10-4-2-8-17(19)18-9-3-5-11-20(18)21/h2-5,8-11,21-22,27H,6-7,12-16H2,1H3,(H,28,33)/t22-/m0/s1. The Kier molecular flexibility index (Phi) is 7.77. The first-order chi connectivity index (χ1) is 17.0. The normalized spacial score (nSPS) is 15.5. The molecule has 1 heterocycles. The van der Waals surface area contributed by atoms with E-state index < -0.39 is 29.9 Å². The van der Waals surface area contributed by atoms with E-state index in [-0.39, 0.29) is 31.8 Å². The molecule has 184 valence electrons. The average molecular weight is 480 g/mol. The van der Waals surface area contributed by atoms with Gasteiger partial charge in [0.05, 0.1) is 0 Å². The second-order valence-electron chi connectivity index (χ2n) is 8.61. The van der Waals surface area contributed by atoms with Crippen molar-refractivity contribution in [3.8, 4) is 11.1 Å². The van der Waals surface area contributed by atoms with E-state index >= 15 is 0 Å². The molecule has 1 aliphatic heterocycles. The maximum absolute atomic E-state index is 12.7. The number of hydrogen-bond donors (Lipinski definition) is 2. The van der Waals surface area contributed by atoms with Crippen LogP contribution >= 0.6 is 0 Å². The molecule has 9 nitrogen and oxygen atoms in total. The Balaban J connectivity index is 1.40. The number of nitrogens with zero attached hydrogens (tertiary/aromatic N) is 1. The SMILES string of the molecule is CNCCCC[C@H](NC(=O)OCC1c2ccccc2-c2ccccc21)C(=O)ON1C(=O)CCC1=O. The summed E-state index contributed by atoms with van der Waals surface area (Å²) in [5.74, 6) is -2.13. The molecule has 2 aliphatic rings. The van der Waals surface area contributed by atoms with E-state index in [0.29, 0.717) is 11.5 Å². The summed E-state index contributed by atoms with van der Waals surface area (Å²) >= 11 is 0. The van der Waals surface area contributed by atoms with Gasteiger partial charge in [-0.3, -0.25) is 9.59 Å². The first-order valence-corrected chi connectivity index (χ1v) is 11.8. The third-order valence-corrected chi connectivity index (χ3v) is 6.28. The largest absolute Gasteiger partial charge is 0.449 e. The highest BCUT2D eigenvalue weighted by molar-refractivity contribution is 6.01. The third-order valence-electron chi connectivity index (χ3n) is 6.28. The topological polar surface area (TPSA) is 114 Å². The van der Waals surface area contributed by atoms with Crippen LogP contribution in [0.5, 0.6) is 0 Å². The third kappa shape index (κ3) is 5.51. The molecule has 0 saturated carbocycles. The molecular weight excluding hydrogens is 450 g/mol. The van der Waals surface area contributed by atoms with Gasteiger partial charge in [-0.1, -0.05) is 48.5 Å². The number of rotatable bonds is 10. The van der Waals surface area contributed by atoms with Gasteiger partial charge in [-0.05, 0) is 55.1 Å². The maximum atomic E-state index is 12.7. The molecule has 9 heteroatoms. The first-order valence-electron chi connectivity index (χ1n) is 11.8. The second-order valence-corrected chi connectivity index (χ2v) is 8.61. The Morgan fingerprint density at radius 1 is 0.971 bits per heavy atom. The summed E-state index contributed by atoms with van der Waals surface area (Å²) in [6.07, 6.45) is 0.903. The fraction of sp³-hybridized carbons (Fsp3) is 0.385. The molecule has 0 radical (unpaired) electrons. The molecule has 0 aromatic heterocycles. The number of carbonyl (C=O) groups excluding carboxylic acids is 4. The highest BCUT2D eigenvalue weighted by Crippen LogP contribution is 2.44. The molecule has 2 aromatic carbocycles. The maximum Gasteiger partial charge on any atom is 0.407 e. The van der Waals surface area contributed by atoms with E-state index in [1.54, 1.807) is 0 Å². The minimum Gasteiger partial charge on any atom is -0.449 e.